The van der Waals surface area contributed by atoms with Crippen LogP contribution in [0.25, 0.3) is 0 Å². The van der Waals surface area contributed by atoms with Crippen LogP contribution in [0.5, 0.6) is 0 Å². The normalized spacial score (nSPS) is 15.6. The van der Waals surface area contributed by atoms with Gasteiger partial charge in [0.25, 0.3) is 5.91 Å². The van der Waals surface area contributed by atoms with E-state index in [1.54, 1.807) is 30.3 Å². The molecule has 1 amide bonds. The van der Waals surface area contributed by atoms with Crippen LogP contribution in [0.15, 0.2) is 36.4 Å². The van der Waals surface area contributed by atoms with Gasteiger partial charge in [0.2, 0.25) is 0 Å². The Morgan fingerprint density at radius 1 is 1.22 bits per heavy atom. The van der Waals surface area contributed by atoms with E-state index in [0.717, 1.165) is 37.9 Å². The molecular formula is C21H25ClFN3O. The van der Waals surface area contributed by atoms with Gasteiger partial charge in [-0.2, -0.15) is 0 Å². The fraction of sp³-hybridized carbons (Fsp3) is 0.381. The third-order valence-electron chi connectivity index (χ3n) is 5.01. The molecule has 144 valence electrons. The van der Waals surface area contributed by atoms with Crippen LogP contribution >= 0.6 is 11.6 Å². The van der Waals surface area contributed by atoms with Gasteiger partial charge in [-0.3, -0.25) is 4.79 Å². The standard InChI is InChI=1S/C21H25ClFN3O/c1-3-14-7-8-16(17(22)13-14)21(27)25-19-6-4-5-18(20(19)23)24-15-9-11-26(2)12-10-15/h4-8,13,15,24H,3,9-12H2,1-2H3,(H,25,27). The minimum atomic E-state index is -0.453. The van der Waals surface area contributed by atoms with E-state index in [2.05, 4.69) is 22.6 Å². The lowest BCUT2D eigenvalue weighted by molar-refractivity contribution is 0.102. The Morgan fingerprint density at radius 3 is 2.59 bits per heavy atom. The van der Waals surface area contributed by atoms with Crippen LogP contribution in [0.2, 0.25) is 5.02 Å². The zero-order valence-electron chi connectivity index (χ0n) is 15.7. The maximum atomic E-state index is 14.9. The van der Waals surface area contributed by atoms with Crippen LogP contribution in [0, 0.1) is 5.82 Å². The maximum Gasteiger partial charge on any atom is 0.257 e. The van der Waals surface area contributed by atoms with Crippen molar-refractivity contribution in [2.24, 2.45) is 0 Å². The number of amides is 1. The highest BCUT2D eigenvalue weighted by atomic mass is 35.5. The summed E-state index contributed by atoms with van der Waals surface area (Å²) in [6.07, 6.45) is 2.76. The Kier molecular flexibility index (Phi) is 6.34. The summed E-state index contributed by atoms with van der Waals surface area (Å²) in [5.41, 5.74) is 1.94. The maximum absolute atomic E-state index is 14.9. The van der Waals surface area contributed by atoms with Gasteiger partial charge < -0.3 is 15.5 Å². The SMILES string of the molecule is CCc1ccc(C(=O)Nc2cccc(NC3CCN(C)CC3)c2F)c(Cl)c1. The molecule has 2 aromatic carbocycles. The van der Waals surface area contributed by atoms with Crippen molar-refractivity contribution in [3.05, 3.63) is 58.4 Å². The second kappa shape index (κ2) is 8.72. The number of carbonyl (C=O) groups excluding carboxylic acids is 1. The number of rotatable bonds is 5. The summed E-state index contributed by atoms with van der Waals surface area (Å²) in [4.78, 5) is 14.8. The van der Waals surface area contributed by atoms with Crippen LogP contribution in [-0.2, 0) is 6.42 Å². The van der Waals surface area contributed by atoms with E-state index in [0.29, 0.717) is 16.3 Å². The topological polar surface area (TPSA) is 44.4 Å². The average molecular weight is 390 g/mol. The van der Waals surface area contributed by atoms with Gasteiger partial charge in [-0.05, 0) is 69.2 Å². The largest absolute Gasteiger partial charge is 0.380 e. The summed E-state index contributed by atoms with van der Waals surface area (Å²) in [6, 6.07) is 10.5. The summed E-state index contributed by atoms with van der Waals surface area (Å²) < 4.78 is 14.9. The molecule has 1 saturated heterocycles. The molecule has 1 aliphatic heterocycles. The van der Waals surface area contributed by atoms with Crippen LogP contribution < -0.4 is 10.6 Å². The summed E-state index contributed by atoms with van der Waals surface area (Å²) >= 11 is 6.21. The number of carbonyl (C=O) groups is 1. The van der Waals surface area contributed by atoms with Crippen LogP contribution in [0.1, 0.15) is 35.7 Å². The highest BCUT2D eigenvalue weighted by Crippen LogP contribution is 2.26. The molecule has 0 aliphatic carbocycles. The molecular weight excluding hydrogens is 365 g/mol. The summed E-state index contributed by atoms with van der Waals surface area (Å²) in [5, 5.41) is 6.28. The van der Waals surface area contributed by atoms with Crippen LogP contribution in [-0.4, -0.2) is 37.0 Å². The smallest absolute Gasteiger partial charge is 0.257 e. The van der Waals surface area contributed by atoms with Gasteiger partial charge >= 0.3 is 0 Å². The number of aryl methyl sites for hydroxylation is 1. The number of piperidine rings is 1. The molecule has 0 bridgehead atoms. The number of halogens is 2. The van der Waals surface area contributed by atoms with Crippen LogP contribution in [0.4, 0.5) is 15.8 Å². The van der Waals surface area contributed by atoms with E-state index in [9.17, 15) is 9.18 Å². The molecule has 0 aromatic heterocycles. The van der Waals surface area contributed by atoms with Gasteiger partial charge in [0, 0.05) is 6.04 Å². The molecule has 1 heterocycles. The van der Waals surface area contributed by atoms with Crippen molar-refractivity contribution in [3.8, 4) is 0 Å². The predicted molar refractivity (Wildman–Crippen MR) is 109 cm³/mol. The number of benzene rings is 2. The van der Waals surface area contributed by atoms with Gasteiger partial charge in [0.1, 0.15) is 0 Å². The van der Waals surface area contributed by atoms with Crippen molar-refractivity contribution in [3.63, 3.8) is 0 Å². The first-order valence-electron chi connectivity index (χ1n) is 9.31. The fourth-order valence-electron chi connectivity index (χ4n) is 3.27. The first-order chi connectivity index (χ1) is 13.0. The molecule has 2 N–H and O–H groups in total. The number of nitrogens with one attached hydrogen (secondary N) is 2. The quantitative estimate of drug-likeness (QED) is 0.772. The molecule has 27 heavy (non-hydrogen) atoms. The summed E-state index contributed by atoms with van der Waals surface area (Å²) in [5.74, 6) is -0.871. The minimum Gasteiger partial charge on any atom is -0.380 e. The average Bonchev–Trinajstić information content (AvgIpc) is 2.66. The molecule has 4 nitrogen and oxygen atoms in total. The minimum absolute atomic E-state index is 0.147. The molecule has 1 aliphatic rings. The number of hydrogen-bond donors (Lipinski definition) is 2. The lowest BCUT2D eigenvalue weighted by Gasteiger charge is -2.30. The molecule has 0 spiro atoms. The lowest BCUT2D eigenvalue weighted by atomic mass is 10.0. The highest BCUT2D eigenvalue weighted by molar-refractivity contribution is 6.34. The van der Waals surface area contributed by atoms with Gasteiger partial charge in [-0.15, -0.1) is 0 Å². The zero-order valence-corrected chi connectivity index (χ0v) is 16.4. The van der Waals surface area contributed by atoms with E-state index < -0.39 is 11.7 Å². The van der Waals surface area contributed by atoms with E-state index >= 15 is 0 Å². The predicted octanol–water partition coefficient (Wildman–Crippen LogP) is 4.80. The van der Waals surface area contributed by atoms with Gasteiger partial charge in [0.05, 0.1) is 22.0 Å². The fourth-order valence-corrected chi connectivity index (χ4v) is 3.55. The number of anilines is 2. The third kappa shape index (κ3) is 4.79. The van der Waals surface area contributed by atoms with Crippen molar-refractivity contribution in [1.29, 1.82) is 0 Å². The monoisotopic (exact) mass is 389 g/mol. The molecule has 6 heteroatoms. The van der Waals surface area contributed by atoms with E-state index in [1.807, 2.05) is 13.0 Å². The molecule has 2 aromatic rings. The van der Waals surface area contributed by atoms with E-state index in [1.165, 1.54) is 0 Å². The van der Waals surface area contributed by atoms with E-state index in [-0.39, 0.29) is 11.7 Å². The zero-order chi connectivity index (χ0) is 19.4. The van der Waals surface area contributed by atoms with Crippen molar-refractivity contribution < 1.29 is 9.18 Å². The van der Waals surface area contributed by atoms with Crippen molar-refractivity contribution in [1.82, 2.24) is 4.90 Å². The first kappa shape index (κ1) is 19.6. The Bertz CT molecular complexity index is 819. The highest BCUT2D eigenvalue weighted by Gasteiger charge is 2.19. The van der Waals surface area contributed by atoms with Crippen LogP contribution in [0.3, 0.4) is 0 Å². The van der Waals surface area contributed by atoms with Crippen molar-refractivity contribution in [2.45, 2.75) is 32.2 Å². The molecule has 1 fully saturated rings. The third-order valence-corrected chi connectivity index (χ3v) is 5.32. The number of likely N-dealkylation sites (tertiary alicyclic amines) is 1. The molecule has 3 rings (SSSR count). The summed E-state index contributed by atoms with van der Waals surface area (Å²) in [7, 11) is 2.09. The second-order valence-corrected chi connectivity index (χ2v) is 7.42. The van der Waals surface area contributed by atoms with Gasteiger partial charge in [-0.25, -0.2) is 4.39 Å². The number of hydrogen-bond acceptors (Lipinski definition) is 3. The van der Waals surface area contributed by atoms with Gasteiger partial charge in [0.15, 0.2) is 5.82 Å². The Labute approximate surface area is 164 Å². The molecule has 0 unspecified atom stereocenters. The Balaban J connectivity index is 1.72. The van der Waals surface area contributed by atoms with Crippen molar-refractivity contribution >= 4 is 28.9 Å². The van der Waals surface area contributed by atoms with Crippen molar-refractivity contribution in [2.75, 3.05) is 30.8 Å². The Morgan fingerprint density at radius 2 is 1.93 bits per heavy atom. The lowest BCUT2D eigenvalue weighted by Crippen LogP contribution is -2.36. The Hall–Kier alpha value is -2.11. The first-order valence-corrected chi connectivity index (χ1v) is 9.69. The van der Waals surface area contributed by atoms with Gasteiger partial charge in [-0.1, -0.05) is 30.7 Å². The second-order valence-electron chi connectivity index (χ2n) is 7.01. The molecule has 0 atom stereocenters. The summed E-state index contributed by atoms with van der Waals surface area (Å²) in [6.45, 7) is 3.99. The molecule has 0 saturated carbocycles. The van der Waals surface area contributed by atoms with E-state index in [4.69, 9.17) is 11.6 Å². The number of nitrogens with zero attached hydrogens (tertiary/aromatic N) is 1. The molecule has 0 radical (unpaired) electrons.